The highest BCUT2D eigenvalue weighted by atomic mass is 15.0. The van der Waals surface area contributed by atoms with Crippen LogP contribution in [0.15, 0.2) is 48.5 Å². The van der Waals surface area contributed by atoms with E-state index in [0.717, 1.165) is 61.5 Å². The molecule has 0 fully saturated rings. The standard InChI is InChI=1S/C24H26N4/c1-3-27-21-9-10-22(27)14-18-6-8-20(26-18)16-24-12-11-23(28(24)4-2)15-19-7-5-17(13-21)25-19/h5-12H,3-4,13-16H2,1-2H3/q-2. The average Bonchev–Trinajstić information content (AvgIpc) is 3.46. The number of fused-ring (bicyclic) bond motifs is 8. The quantitative estimate of drug-likeness (QED) is 0.472. The van der Waals surface area contributed by atoms with E-state index in [-0.39, 0.29) is 0 Å². The van der Waals surface area contributed by atoms with Gasteiger partial charge in [-0.25, -0.2) is 0 Å². The minimum absolute atomic E-state index is 0.883. The smallest absolute Gasteiger partial charge is 0.0203 e. The Morgan fingerprint density at radius 3 is 1.07 bits per heavy atom. The van der Waals surface area contributed by atoms with Crippen molar-refractivity contribution in [3.05, 3.63) is 94.1 Å². The Morgan fingerprint density at radius 1 is 0.536 bits per heavy atom. The summed E-state index contributed by atoms with van der Waals surface area (Å²) in [6.45, 7) is 6.39. The minimum atomic E-state index is 0.883. The lowest BCUT2D eigenvalue weighted by Crippen LogP contribution is -2.09. The molecule has 0 unspecified atom stereocenters. The summed E-state index contributed by atoms with van der Waals surface area (Å²) in [5.41, 5.74) is 9.96. The molecule has 8 bridgehead atoms. The van der Waals surface area contributed by atoms with Crippen molar-refractivity contribution in [3.8, 4) is 0 Å². The van der Waals surface area contributed by atoms with Crippen LogP contribution >= 0.6 is 0 Å². The minimum Gasteiger partial charge on any atom is -0.664 e. The molecular weight excluding hydrogens is 344 g/mol. The zero-order chi connectivity index (χ0) is 19.1. The largest absolute Gasteiger partial charge is 0.664 e. The van der Waals surface area contributed by atoms with E-state index in [0.29, 0.717) is 0 Å². The van der Waals surface area contributed by atoms with Gasteiger partial charge >= 0.3 is 0 Å². The molecule has 0 saturated carbocycles. The van der Waals surface area contributed by atoms with E-state index in [9.17, 15) is 0 Å². The molecular formula is C24H26N4-2. The molecule has 28 heavy (non-hydrogen) atoms. The predicted molar refractivity (Wildman–Crippen MR) is 111 cm³/mol. The monoisotopic (exact) mass is 370 g/mol. The third kappa shape index (κ3) is 3.03. The molecule has 0 saturated heterocycles. The number of hydrogen-bond donors (Lipinski definition) is 0. The Hall–Kier alpha value is -2.88. The fourth-order valence-corrected chi connectivity index (χ4v) is 4.58. The highest BCUT2D eigenvalue weighted by Crippen LogP contribution is 2.21. The molecule has 0 amide bonds. The fourth-order valence-electron chi connectivity index (χ4n) is 4.58. The van der Waals surface area contributed by atoms with Crippen LogP contribution in [0.25, 0.3) is 0 Å². The van der Waals surface area contributed by atoms with Crippen LogP contribution in [-0.4, -0.2) is 9.13 Å². The summed E-state index contributed by atoms with van der Waals surface area (Å²) < 4.78 is 4.84. The van der Waals surface area contributed by atoms with E-state index < -0.39 is 0 Å². The molecule has 5 heterocycles. The zero-order valence-corrected chi connectivity index (χ0v) is 16.7. The lowest BCUT2D eigenvalue weighted by atomic mass is 10.2. The van der Waals surface area contributed by atoms with E-state index in [1.807, 2.05) is 0 Å². The molecule has 4 nitrogen and oxygen atoms in total. The molecule has 4 heteroatoms. The lowest BCUT2D eigenvalue weighted by molar-refractivity contribution is 0.680. The van der Waals surface area contributed by atoms with E-state index in [1.165, 1.54) is 22.8 Å². The second kappa shape index (κ2) is 6.93. The molecule has 0 spiro atoms. The predicted octanol–water partition coefficient (Wildman–Crippen LogP) is 3.92. The fraction of sp³-hybridized carbons (Fsp3) is 0.333. The van der Waals surface area contributed by atoms with Gasteiger partial charge in [0.1, 0.15) is 0 Å². The molecule has 0 aromatic carbocycles. The highest BCUT2D eigenvalue weighted by molar-refractivity contribution is 5.31. The summed E-state index contributed by atoms with van der Waals surface area (Å²) in [6.07, 6.45) is 3.53. The summed E-state index contributed by atoms with van der Waals surface area (Å²) in [5, 5.41) is 0. The van der Waals surface area contributed by atoms with Gasteiger partial charge in [0, 0.05) is 35.9 Å². The molecule has 4 aromatic rings. The first kappa shape index (κ1) is 17.2. The van der Waals surface area contributed by atoms with Crippen molar-refractivity contribution < 1.29 is 0 Å². The summed E-state index contributed by atoms with van der Waals surface area (Å²) in [5.74, 6) is 0. The van der Waals surface area contributed by atoms with Crippen LogP contribution in [0.1, 0.15) is 59.4 Å². The highest BCUT2D eigenvalue weighted by Gasteiger charge is 2.09. The molecule has 5 rings (SSSR count). The average molecular weight is 371 g/mol. The molecule has 0 atom stereocenters. The Labute approximate surface area is 166 Å². The van der Waals surface area contributed by atoms with Crippen molar-refractivity contribution in [3.63, 3.8) is 0 Å². The Morgan fingerprint density at radius 2 is 0.821 bits per heavy atom. The SMILES string of the molecule is CCn1c2ccc1Cc1ccc([n-]1)Cc1ccc(n1CC)Cc1ccc([n-]1)C2. The van der Waals surface area contributed by atoms with Gasteiger partial charge in [0.15, 0.2) is 0 Å². The number of hydrogen-bond acceptors (Lipinski definition) is 0. The summed E-state index contributed by atoms with van der Waals surface area (Å²) >= 11 is 0. The van der Waals surface area contributed by atoms with E-state index >= 15 is 0 Å². The third-order valence-corrected chi connectivity index (χ3v) is 5.92. The van der Waals surface area contributed by atoms with Crippen LogP contribution < -0.4 is 9.97 Å². The van der Waals surface area contributed by atoms with Crippen LogP contribution in [0.3, 0.4) is 0 Å². The van der Waals surface area contributed by atoms with Crippen LogP contribution in [0, 0.1) is 0 Å². The first-order valence-corrected chi connectivity index (χ1v) is 10.3. The van der Waals surface area contributed by atoms with Gasteiger partial charge in [-0.15, -0.1) is 0 Å². The third-order valence-electron chi connectivity index (χ3n) is 5.92. The van der Waals surface area contributed by atoms with Crippen molar-refractivity contribution in [1.29, 1.82) is 0 Å². The van der Waals surface area contributed by atoms with Gasteiger partial charge in [-0.3, -0.25) is 0 Å². The normalized spacial score (nSPS) is 13.8. The number of rotatable bonds is 2. The van der Waals surface area contributed by atoms with E-state index in [4.69, 9.17) is 9.97 Å². The van der Waals surface area contributed by atoms with Crippen molar-refractivity contribution in [2.24, 2.45) is 0 Å². The molecule has 1 aliphatic heterocycles. The topological polar surface area (TPSA) is 38.1 Å². The number of aromatic nitrogens is 4. The summed E-state index contributed by atoms with van der Waals surface area (Å²) in [7, 11) is 0. The van der Waals surface area contributed by atoms with Crippen LogP contribution in [0.2, 0.25) is 0 Å². The van der Waals surface area contributed by atoms with Gasteiger partial charge in [-0.05, 0) is 63.8 Å². The summed E-state index contributed by atoms with van der Waals surface area (Å²) in [4.78, 5) is 9.86. The zero-order valence-electron chi connectivity index (χ0n) is 16.7. The van der Waals surface area contributed by atoms with Crippen LogP contribution in [0.5, 0.6) is 0 Å². The van der Waals surface area contributed by atoms with Gasteiger partial charge in [-0.1, -0.05) is 24.3 Å². The van der Waals surface area contributed by atoms with E-state index in [2.05, 4.69) is 71.5 Å². The Kier molecular flexibility index (Phi) is 4.27. The van der Waals surface area contributed by atoms with E-state index in [1.54, 1.807) is 0 Å². The maximum absolute atomic E-state index is 4.93. The van der Waals surface area contributed by atoms with Gasteiger partial charge in [-0.2, -0.15) is 22.8 Å². The lowest BCUT2D eigenvalue weighted by Gasteiger charge is -2.18. The van der Waals surface area contributed by atoms with Crippen molar-refractivity contribution in [2.75, 3.05) is 0 Å². The van der Waals surface area contributed by atoms with Crippen LogP contribution in [0.4, 0.5) is 0 Å². The van der Waals surface area contributed by atoms with Gasteiger partial charge in [0.05, 0.1) is 0 Å². The van der Waals surface area contributed by atoms with Crippen LogP contribution in [-0.2, 0) is 38.8 Å². The Bertz CT molecular complexity index is 937. The maximum Gasteiger partial charge on any atom is 0.0203 e. The Balaban J connectivity index is 1.60. The van der Waals surface area contributed by atoms with Gasteiger partial charge in [0.2, 0.25) is 0 Å². The summed E-state index contributed by atoms with van der Waals surface area (Å²) in [6, 6.07) is 17.8. The first-order chi connectivity index (χ1) is 13.7. The second-order valence-corrected chi connectivity index (χ2v) is 7.68. The van der Waals surface area contributed by atoms with Crippen molar-refractivity contribution >= 4 is 0 Å². The molecule has 144 valence electrons. The number of nitrogens with zero attached hydrogens (tertiary/aromatic N) is 4. The van der Waals surface area contributed by atoms with Crippen molar-refractivity contribution in [2.45, 2.75) is 52.6 Å². The first-order valence-electron chi connectivity index (χ1n) is 10.3. The molecule has 0 N–H and O–H groups in total. The molecule has 0 aliphatic carbocycles. The molecule has 4 aromatic heterocycles. The van der Waals surface area contributed by atoms with Gasteiger partial charge in [0.25, 0.3) is 0 Å². The molecule has 0 radical (unpaired) electrons. The molecule has 1 aliphatic rings. The van der Waals surface area contributed by atoms with Gasteiger partial charge < -0.3 is 19.1 Å². The second-order valence-electron chi connectivity index (χ2n) is 7.68. The maximum atomic E-state index is 4.93. The van der Waals surface area contributed by atoms with Crippen molar-refractivity contribution in [1.82, 2.24) is 19.1 Å².